The van der Waals surface area contributed by atoms with Gasteiger partial charge in [-0.05, 0) is 42.3 Å². The molecule has 1 saturated heterocycles. The van der Waals surface area contributed by atoms with Crippen LogP contribution in [0, 0.1) is 5.92 Å². The van der Waals surface area contributed by atoms with Gasteiger partial charge in [-0.2, -0.15) is 0 Å². The first kappa shape index (κ1) is 13.1. The van der Waals surface area contributed by atoms with Crippen molar-refractivity contribution < 1.29 is 0 Å². The van der Waals surface area contributed by atoms with Crippen molar-refractivity contribution >= 4 is 0 Å². The van der Waals surface area contributed by atoms with Gasteiger partial charge in [0.2, 0.25) is 0 Å². The fourth-order valence-electron chi connectivity index (χ4n) is 3.98. The average molecular weight is 258 g/mol. The molecule has 1 fully saturated rings. The smallest absolute Gasteiger partial charge is 0.0456 e. The van der Waals surface area contributed by atoms with E-state index in [-0.39, 0.29) is 6.04 Å². The standard InChI is InChI=1S/C17H26N2/c1-3-13-8-9-19(11-13)16-10-12(2)14-6-4-5-7-15(14)17(16)18/h4-7,12-13,16-17H,3,8-11,18H2,1-2H3. The highest BCUT2D eigenvalue weighted by Crippen LogP contribution is 2.40. The topological polar surface area (TPSA) is 29.3 Å². The molecule has 0 amide bonds. The SMILES string of the molecule is CCC1CCN(C2CC(C)c3ccccc3C2N)C1. The lowest BCUT2D eigenvalue weighted by Crippen LogP contribution is -2.45. The van der Waals surface area contributed by atoms with Crippen molar-refractivity contribution in [3.8, 4) is 0 Å². The Kier molecular flexibility index (Phi) is 3.64. The Morgan fingerprint density at radius 3 is 2.68 bits per heavy atom. The molecule has 2 aliphatic rings. The number of nitrogens with two attached hydrogens (primary N) is 1. The zero-order chi connectivity index (χ0) is 13.4. The van der Waals surface area contributed by atoms with Crippen LogP contribution < -0.4 is 5.73 Å². The van der Waals surface area contributed by atoms with Crippen molar-refractivity contribution in [2.75, 3.05) is 13.1 Å². The lowest BCUT2D eigenvalue weighted by molar-refractivity contribution is 0.175. The minimum absolute atomic E-state index is 0.197. The molecule has 0 saturated carbocycles. The first-order valence-electron chi connectivity index (χ1n) is 7.79. The predicted molar refractivity (Wildman–Crippen MR) is 80.2 cm³/mol. The summed E-state index contributed by atoms with van der Waals surface area (Å²) >= 11 is 0. The molecule has 1 aromatic carbocycles. The Bertz CT molecular complexity index is 443. The van der Waals surface area contributed by atoms with Crippen LogP contribution in [0.1, 0.15) is 56.2 Å². The third-order valence-electron chi connectivity index (χ3n) is 5.26. The Morgan fingerprint density at radius 2 is 2.00 bits per heavy atom. The number of hydrogen-bond donors (Lipinski definition) is 1. The maximum absolute atomic E-state index is 6.58. The first-order valence-corrected chi connectivity index (χ1v) is 7.79. The van der Waals surface area contributed by atoms with E-state index in [1.54, 1.807) is 0 Å². The number of likely N-dealkylation sites (tertiary alicyclic amines) is 1. The molecule has 2 N–H and O–H groups in total. The second-order valence-corrected chi connectivity index (χ2v) is 6.42. The minimum atomic E-state index is 0.197. The van der Waals surface area contributed by atoms with Crippen LogP contribution in [-0.4, -0.2) is 24.0 Å². The van der Waals surface area contributed by atoms with Crippen LogP contribution in [0.25, 0.3) is 0 Å². The largest absolute Gasteiger partial charge is 0.323 e. The maximum Gasteiger partial charge on any atom is 0.0456 e. The molecule has 19 heavy (non-hydrogen) atoms. The lowest BCUT2D eigenvalue weighted by atomic mass is 9.78. The molecule has 0 radical (unpaired) electrons. The predicted octanol–water partition coefficient (Wildman–Crippen LogP) is 3.29. The van der Waals surface area contributed by atoms with Crippen molar-refractivity contribution in [2.45, 2.75) is 51.1 Å². The Labute approximate surface area is 117 Å². The molecule has 2 heteroatoms. The molecule has 4 unspecified atom stereocenters. The molecule has 2 nitrogen and oxygen atoms in total. The van der Waals surface area contributed by atoms with Gasteiger partial charge in [0.25, 0.3) is 0 Å². The van der Waals surface area contributed by atoms with E-state index in [1.165, 1.54) is 43.5 Å². The van der Waals surface area contributed by atoms with Crippen LogP contribution in [-0.2, 0) is 0 Å². The zero-order valence-electron chi connectivity index (χ0n) is 12.2. The molecule has 4 atom stereocenters. The summed E-state index contributed by atoms with van der Waals surface area (Å²) in [6.45, 7) is 7.16. The summed E-state index contributed by atoms with van der Waals surface area (Å²) in [5.41, 5.74) is 9.43. The summed E-state index contributed by atoms with van der Waals surface area (Å²) in [6.07, 6.45) is 3.88. The fraction of sp³-hybridized carbons (Fsp3) is 0.647. The Hall–Kier alpha value is -0.860. The van der Waals surface area contributed by atoms with E-state index < -0.39 is 0 Å². The van der Waals surface area contributed by atoms with Crippen molar-refractivity contribution in [3.05, 3.63) is 35.4 Å². The van der Waals surface area contributed by atoms with E-state index in [0.717, 1.165) is 5.92 Å². The molecule has 3 rings (SSSR count). The van der Waals surface area contributed by atoms with Crippen LogP contribution in [0.3, 0.4) is 0 Å². The Balaban J connectivity index is 1.82. The van der Waals surface area contributed by atoms with Gasteiger partial charge in [0, 0.05) is 18.6 Å². The van der Waals surface area contributed by atoms with Gasteiger partial charge in [0.1, 0.15) is 0 Å². The molecule has 1 aromatic rings. The summed E-state index contributed by atoms with van der Waals surface area (Å²) in [7, 11) is 0. The number of benzene rings is 1. The highest BCUT2D eigenvalue weighted by Gasteiger charge is 2.36. The highest BCUT2D eigenvalue weighted by molar-refractivity contribution is 5.36. The quantitative estimate of drug-likeness (QED) is 0.882. The summed E-state index contributed by atoms with van der Waals surface area (Å²) in [5.74, 6) is 1.53. The second-order valence-electron chi connectivity index (χ2n) is 6.42. The van der Waals surface area contributed by atoms with Crippen LogP contribution in [0.15, 0.2) is 24.3 Å². The molecule has 1 heterocycles. The van der Waals surface area contributed by atoms with Crippen molar-refractivity contribution in [1.29, 1.82) is 0 Å². The third kappa shape index (κ3) is 2.32. The number of nitrogens with zero attached hydrogens (tertiary/aromatic N) is 1. The fourth-order valence-corrected chi connectivity index (χ4v) is 3.98. The molecule has 104 valence electrons. The monoisotopic (exact) mass is 258 g/mol. The van der Waals surface area contributed by atoms with Crippen molar-refractivity contribution in [2.24, 2.45) is 11.7 Å². The van der Waals surface area contributed by atoms with Gasteiger partial charge in [0.05, 0.1) is 0 Å². The highest BCUT2D eigenvalue weighted by atomic mass is 15.2. The van der Waals surface area contributed by atoms with Gasteiger partial charge >= 0.3 is 0 Å². The van der Waals surface area contributed by atoms with E-state index in [0.29, 0.717) is 12.0 Å². The lowest BCUT2D eigenvalue weighted by Gasteiger charge is -2.40. The van der Waals surface area contributed by atoms with E-state index in [9.17, 15) is 0 Å². The molecular formula is C17H26N2. The van der Waals surface area contributed by atoms with Gasteiger partial charge in [-0.25, -0.2) is 0 Å². The molecule has 0 aromatic heterocycles. The van der Waals surface area contributed by atoms with Gasteiger partial charge < -0.3 is 5.73 Å². The van der Waals surface area contributed by atoms with Crippen LogP contribution in [0.5, 0.6) is 0 Å². The number of hydrogen-bond acceptors (Lipinski definition) is 2. The van der Waals surface area contributed by atoms with Crippen LogP contribution >= 0.6 is 0 Å². The first-order chi connectivity index (χ1) is 9.20. The molecular weight excluding hydrogens is 232 g/mol. The van der Waals surface area contributed by atoms with E-state index in [4.69, 9.17) is 5.73 Å². The molecule has 1 aliphatic carbocycles. The van der Waals surface area contributed by atoms with Gasteiger partial charge in [-0.3, -0.25) is 4.90 Å². The summed E-state index contributed by atoms with van der Waals surface area (Å²) < 4.78 is 0. The minimum Gasteiger partial charge on any atom is -0.323 e. The third-order valence-corrected chi connectivity index (χ3v) is 5.26. The van der Waals surface area contributed by atoms with E-state index >= 15 is 0 Å². The average Bonchev–Trinajstić information content (AvgIpc) is 2.91. The van der Waals surface area contributed by atoms with Gasteiger partial charge in [-0.15, -0.1) is 0 Å². The molecule has 1 aliphatic heterocycles. The summed E-state index contributed by atoms with van der Waals surface area (Å²) in [5, 5.41) is 0. The van der Waals surface area contributed by atoms with Crippen molar-refractivity contribution in [3.63, 3.8) is 0 Å². The maximum atomic E-state index is 6.58. The molecule has 0 bridgehead atoms. The van der Waals surface area contributed by atoms with Crippen LogP contribution in [0.4, 0.5) is 0 Å². The normalized spacial score (nSPS) is 35.3. The molecule has 0 spiro atoms. The summed E-state index contributed by atoms with van der Waals surface area (Å²) in [6, 6.07) is 9.51. The number of fused-ring (bicyclic) bond motifs is 1. The second kappa shape index (κ2) is 5.26. The number of rotatable bonds is 2. The van der Waals surface area contributed by atoms with Crippen molar-refractivity contribution in [1.82, 2.24) is 4.90 Å². The Morgan fingerprint density at radius 1 is 1.26 bits per heavy atom. The van der Waals surface area contributed by atoms with Crippen LogP contribution in [0.2, 0.25) is 0 Å². The van der Waals surface area contributed by atoms with Gasteiger partial charge in [0.15, 0.2) is 0 Å². The van der Waals surface area contributed by atoms with Gasteiger partial charge in [-0.1, -0.05) is 44.5 Å². The summed E-state index contributed by atoms with van der Waals surface area (Å²) in [4.78, 5) is 2.66. The van der Waals surface area contributed by atoms with E-state index in [2.05, 4.69) is 43.0 Å². The van der Waals surface area contributed by atoms with E-state index in [1.807, 2.05) is 0 Å². The zero-order valence-corrected chi connectivity index (χ0v) is 12.2.